The molecule has 1 N–H and O–H groups in total. The lowest BCUT2D eigenvalue weighted by Gasteiger charge is -2.32. The SMILES string of the molecule is CNC(C)c1nnnn1C1CCC(C)C(C)C1. The summed E-state index contributed by atoms with van der Waals surface area (Å²) in [4.78, 5) is 0. The number of aromatic nitrogens is 4. The van der Waals surface area contributed by atoms with Crippen LogP contribution in [0.2, 0.25) is 0 Å². The van der Waals surface area contributed by atoms with E-state index in [4.69, 9.17) is 0 Å². The molecule has 0 amide bonds. The topological polar surface area (TPSA) is 55.6 Å². The van der Waals surface area contributed by atoms with E-state index in [0.717, 1.165) is 17.7 Å². The van der Waals surface area contributed by atoms with Crippen LogP contribution in [0.3, 0.4) is 0 Å². The number of nitrogens with one attached hydrogen (secondary N) is 1. The molecule has 1 fully saturated rings. The third-order valence-corrected chi connectivity index (χ3v) is 4.25. The van der Waals surface area contributed by atoms with Gasteiger partial charge in [-0.15, -0.1) is 5.10 Å². The molecule has 0 saturated heterocycles. The van der Waals surface area contributed by atoms with Gasteiger partial charge in [0.05, 0.1) is 12.1 Å². The van der Waals surface area contributed by atoms with Gasteiger partial charge >= 0.3 is 0 Å². The summed E-state index contributed by atoms with van der Waals surface area (Å²) < 4.78 is 2.03. The number of tetrazole rings is 1. The summed E-state index contributed by atoms with van der Waals surface area (Å²) in [5, 5.41) is 15.4. The monoisotopic (exact) mass is 237 g/mol. The van der Waals surface area contributed by atoms with Crippen molar-refractivity contribution in [3.05, 3.63) is 5.82 Å². The summed E-state index contributed by atoms with van der Waals surface area (Å²) in [5.74, 6) is 2.54. The standard InChI is InChI=1S/C12H23N5/c1-8-5-6-11(7-9(8)2)17-12(10(3)13-4)14-15-16-17/h8-11,13H,5-7H2,1-4H3. The molecule has 1 aromatic heterocycles. The van der Waals surface area contributed by atoms with E-state index in [9.17, 15) is 0 Å². The Bertz CT molecular complexity index is 362. The molecule has 5 heteroatoms. The predicted molar refractivity (Wildman–Crippen MR) is 66.5 cm³/mol. The van der Waals surface area contributed by atoms with Crippen molar-refractivity contribution in [1.82, 2.24) is 25.5 Å². The summed E-state index contributed by atoms with van der Waals surface area (Å²) >= 11 is 0. The predicted octanol–water partition coefficient (Wildman–Crippen LogP) is 1.95. The summed E-state index contributed by atoms with van der Waals surface area (Å²) in [6.07, 6.45) is 3.66. The highest BCUT2D eigenvalue weighted by Crippen LogP contribution is 2.36. The van der Waals surface area contributed by atoms with Gasteiger partial charge in [0.25, 0.3) is 0 Å². The summed E-state index contributed by atoms with van der Waals surface area (Å²) in [7, 11) is 1.94. The van der Waals surface area contributed by atoms with Crippen LogP contribution >= 0.6 is 0 Å². The Balaban J connectivity index is 2.15. The lowest BCUT2D eigenvalue weighted by molar-refractivity contribution is 0.194. The van der Waals surface area contributed by atoms with Gasteiger partial charge in [-0.3, -0.25) is 0 Å². The van der Waals surface area contributed by atoms with Crippen LogP contribution < -0.4 is 5.32 Å². The average molecular weight is 237 g/mol. The minimum absolute atomic E-state index is 0.208. The van der Waals surface area contributed by atoms with Crippen LogP contribution in [0.4, 0.5) is 0 Å². The molecule has 4 atom stereocenters. The second-order valence-corrected chi connectivity index (χ2v) is 5.41. The fraction of sp³-hybridized carbons (Fsp3) is 0.917. The molecule has 1 aliphatic carbocycles. The van der Waals surface area contributed by atoms with Crippen LogP contribution in [-0.2, 0) is 0 Å². The molecule has 1 heterocycles. The first-order valence-electron chi connectivity index (χ1n) is 6.58. The van der Waals surface area contributed by atoms with Gasteiger partial charge < -0.3 is 5.32 Å². The fourth-order valence-corrected chi connectivity index (χ4v) is 2.62. The number of hydrogen-bond donors (Lipinski definition) is 1. The average Bonchev–Trinajstić information content (AvgIpc) is 2.80. The molecule has 0 radical (unpaired) electrons. The summed E-state index contributed by atoms with van der Waals surface area (Å²) in [6.45, 7) is 6.77. The number of hydrogen-bond acceptors (Lipinski definition) is 4. The van der Waals surface area contributed by atoms with Gasteiger partial charge in [-0.05, 0) is 55.5 Å². The second kappa shape index (κ2) is 5.12. The van der Waals surface area contributed by atoms with E-state index in [2.05, 4.69) is 41.6 Å². The minimum atomic E-state index is 0.208. The molecule has 4 unspecified atom stereocenters. The van der Waals surface area contributed by atoms with Crippen molar-refractivity contribution in [1.29, 1.82) is 0 Å². The van der Waals surface area contributed by atoms with Crippen molar-refractivity contribution < 1.29 is 0 Å². The Morgan fingerprint density at radius 1 is 1.29 bits per heavy atom. The van der Waals surface area contributed by atoms with E-state index in [1.165, 1.54) is 19.3 Å². The van der Waals surface area contributed by atoms with Crippen LogP contribution in [0.15, 0.2) is 0 Å². The second-order valence-electron chi connectivity index (χ2n) is 5.41. The summed E-state index contributed by atoms with van der Waals surface area (Å²) in [6, 6.07) is 0.682. The molecule has 1 aromatic rings. The maximum absolute atomic E-state index is 4.18. The Morgan fingerprint density at radius 3 is 2.71 bits per heavy atom. The first-order chi connectivity index (χ1) is 8.13. The Labute approximate surface area is 103 Å². The molecule has 0 aliphatic heterocycles. The smallest absolute Gasteiger partial charge is 0.168 e. The van der Waals surface area contributed by atoms with Crippen molar-refractivity contribution in [2.24, 2.45) is 11.8 Å². The molecular formula is C12H23N5. The van der Waals surface area contributed by atoms with E-state index < -0.39 is 0 Å². The Morgan fingerprint density at radius 2 is 2.06 bits per heavy atom. The fourth-order valence-electron chi connectivity index (χ4n) is 2.62. The van der Waals surface area contributed by atoms with Crippen LogP contribution in [0.1, 0.15) is 57.9 Å². The van der Waals surface area contributed by atoms with Crippen LogP contribution in [0.25, 0.3) is 0 Å². The van der Waals surface area contributed by atoms with Gasteiger partial charge in [0.2, 0.25) is 0 Å². The zero-order chi connectivity index (χ0) is 12.4. The number of nitrogens with zero attached hydrogens (tertiary/aromatic N) is 4. The van der Waals surface area contributed by atoms with Crippen molar-refractivity contribution in [2.75, 3.05) is 7.05 Å². The van der Waals surface area contributed by atoms with Crippen LogP contribution in [-0.4, -0.2) is 27.3 Å². The lowest BCUT2D eigenvalue weighted by Crippen LogP contribution is -2.27. The molecular weight excluding hydrogens is 214 g/mol. The highest BCUT2D eigenvalue weighted by molar-refractivity contribution is 4.93. The van der Waals surface area contributed by atoms with E-state index in [1.807, 2.05) is 11.7 Å². The van der Waals surface area contributed by atoms with Crippen LogP contribution in [0.5, 0.6) is 0 Å². The largest absolute Gasteiger partial charge is 0.311 e. The Hall–Kier alpha value is -0.970. The van der Waals surface area contributed by atoms with Gasteiger partial charge in [-0.25, -0.2) is 4.68 Å². The van der Waals surface area contributed by atoms with E-state index in [1.54, 1.807) is 0 Å². The van der Waals surface area contributed by atoms with Crippen molar-refractivity contribution in [2.45, 2.75) is 52.1 Å². The molecule has 96 valence electrons. The lowest BCUT2D eigenvalue weighted by atomic mass is 9.79. The first kappa shape index (κ1) is 12.5. The molecule has 0 bridgehead atoms. The minimum Gasteiger partial charge on any atom is -0.311 e. The Kier molecular flexibility index (Phi) is 3.76. The van der Waals surface area contributed by atoms with E-state index in [0.29, 0.717) is 6.04 Å². The normalized spacial score (nSPS) is 31.4. The molecule has 1 aliphatic rings. The van der Waals surface area contributed by atoms with Crippen molar-refractivity contribution in [3.63, 3.8) is 0 Å². The van der Waals surface area contributed by atoms with Crippen molar-refractivity contribution in [3.8, 4) is 0 Å². The van der Waals surface area contributed by atoms with Gasteiger partial charge in [0.15, 0.2) is 5.82 Å². The van der Waals surface area contributed by atoms with Crippen LogP contribution in [0, 0.1) is 11.8 Å². The van der Waals surface area contributed by atoms with E-state index >= 15 is 0 Å². The molecule has 5 nitrogen and oxygen atoms in total. The quantitative estimate of drug-likeness (QED) is 0.873. The van der Waals surface area contributed by atoms with Gasteiger partial charge in [-0.1, -0.05) is 13.8 Å². The molecule has 0 aromatic carbocycles. The zero-order valence-corrected chi connectivity index (χ0v) is 11.2. The third-order valence-electron chi connectivity index (χ3n) is 4.25. The molecule has 1 saturated carbocycles. The molecule has 0 spiro atoms. The van der Waals surface area contributed by atoms with Gasteiger partial charge in [0.1, 0.15) is 0 Å². The van der Waals surface area contributed by atoms with Gasteiger partial charge in [0, 0.05) is 0 Å². The zero-order valence-electron chi connectivity index (χ0n) is 11.2. The number of rotatable bonds is 3. The molecule has 17 heavy (non-hydrogen) atoms. The molecule has 2 rings (SSSR count). The van der Waals surface area contributed by atoms with E-state index in [-0.39, 0.29) is 6.04 Å². The first-order valence-corrected chi connectivity index (χ1v) is 6.58. The maximum atomic E-state index is 4.18. The summed E-state index contributed by atoms with van der Waals surface area (Å²) in [5.41, 5.74) is 0. The third kappa shape index (κ3) is 2.49. The van der Waals surface area contributed by atoms with Gasteiger partial charge in [-0.2, -0.15) is 0 Å². The maximum Gasteiger partial charge on any atom is 0.168 e. The highest BCUT2D eigenvalue weighted by Gasteiger charge is 2.28. The van der Waals surface area contributed by atoms with Crippen molar-refractivity contribution >= 4 is 0 Å². The highest BCUT2D eigenvalue weighted by atomic mass is 15.6.